The van der Waals surface area contributed by atoms with Crippen molar-refractivity contribution in [2.24, 2.45) is 0 Å². The molecule has 0 aliphatic heterocycles. The number of pyridine rings is 1. The molecule has 0 amide bonds. The number of nitrogens with zero attached hydrogens (tertiary/aromatic N) is 1. The van der Waals surface area contributed by atoms with E-state index in [4.69, 9.17) is 27.9 Å². The molecule has 0 saturated heterocycles. The number of hydrogen-bond donors (Lipinski definition) is 0. The second-order valence-electron chi connectivity index (χ2n) is 3.62. The van der Waals surface area contributed by atoms with Crippen molar-refractivity contribution in [2.45, 2.75) is 6.92 Å². The SMILES string of the molecule is CC(=O)c1ccc(Oc2ccc(Cl)c(Cl)c2)nc1. The summed E-state index contributed by atoms with van der Waals surface area (Å²) < 4.78 is 5.48. The van der Waals surface area contributed by atoms with Gasteiger partial charge in [-0.05, 0) is 25.1 Å². The third kappa shape index (κ3) is 3.00. The smallest absolute Gasteiger partial charge is 0.219 e. The van der Waals surface area contributed by atoms with Crippen LogP contribution in [0.3, 0.4) is 0 Å². The number of aromatic nitrogens is 1. The molecule has 0 fully saturated rings. The summed E-state index contributed by atoms with van der Waals surface area (Å²) in [6.07, 6.45) is 1.47. The van der Waals surface area contributed by atoms with Gasteiger partial charge in [-0.3, -0.25) is 4.79 Å². The monoisotopic (exact) mass is 281 g/mol. The highest BCUT2D eigenvalue weighted by atomic mass is 35.5. The molecule has 0 N–H and O–H groups in total. The first kappa shape index (κ1) is 12.9. The molecule has 0 atom stereocenters. The Morgan fingerprint density at radius 3 is 2.50 bits per heavy atom. The highest BCUT2D eigenvalue weighted by Crippen LogP contribution is 2.28. The summed E-state index contributed by atoms with van der Waals surface area (Å²) >= 11 is 11.7. The van der Waals surface area contributed by atoms with E-state index in [2.05, 4.69) is 4.98 Å². The maximum Gasteiger partial charge on any atom is 0.219 e. The first-order valence-corrected chi connectivity index (χ1v) is 5.92. The Labute approximate surface area is 114 Å². The molecule has 2 aromatic rings. The van der Waals surface area contributed by atoms with Crippen LogP contribution in [0.4, 0.5) is 0 Å². The highest BCUT2D eigenvalue weighted by Gasteiger charge is 2.04. The van der Waals surface area contributed by atoms with Crippen LogP contribution in [-0.4, -0.2) is 10.8 Å². The molecule has 0 saturated carbocycles. The van der Waals surface area contributed by atoms with Crippen molar-refractivity contribution in [2.75, 3.05) is 0 Å². The summed E-state index contributed by atoms with van der Waals surface area (Å²) in [7, 11) is 0. The van der Waals surface area contributed by atoms with Crippen molar-refractivity contribution < 1.29 is 9.53 Å². The lowest BCUT2D eigenvalue weighted by Crippen LogP contribution is -1.94. The third-order valence-corrected chi connectivity index (χ3v) is 3.00. The van der Waals surface area contributed by atoms with Gasteiger partial charge in [-0.2, -0.15) is 0 Å². The number of halogens is 2. The van der Waals surface area contributed by atoms with E-state index in [1.54, 1.807) is 30.3 Å². The van der Waals surface area contributed by atoms with Gasteiger partial charge < -0.3 is 4.74 Å². The molecule has 1 heterocycles. The fraction of sp³-hybridized carbons (Fsp3) is 0.0769. The fourth-order valence-corrected chi connectivity index (χ4v) is 1.60. The molecule has 0 unspecified atom stereocenters. The molecule has 0 aliphatic rings. The van der Waals surface area contributed by atoms with Crippen LogP contribution in [0.2, 0.25) is 10.0 Å². The summed E-state index contributed by atoms with van der Waals surface area (Å²) in [5.74, 6) is 0.884. The quantitative estimate of drug-likeness (QED) is 0.784. The third-order valence-electron chi connectivity index (χ3n) is 2.26. The largest absolute Gasteiger partial charge is 0.439 e. The van der Waals surface area contributed by atoms with E-state index < -0.39 is 0 Å². The van der Waals surface area contributed by atoms with E-state index in [1.165, 1.54) is 13.1 Å². The Morgan fingerprint density at radius 1 is 1.17 bits per heavy atom. The Hall–Kier alpha value is -1.58. The lowest BCUT2D eigenvalue weighted by atomic mass is 10.2. The first-order chi connectivity index (χ1) is 8.56. The summed E-state index contributed by atoms with van der Waals surface area (Å²) in [5, 5.41) is 0.874. The van der Waals surface area contributed by atoms with Crippen molar-refractivity contribution in [3.05, 3.63) is 52.1 Å². The molecule has 18 heavy (non-hydrogen) atoms. The average Bonchev–Trinajstić information content (AvgIpc) is 2.34. The van der Waals surface area contributed by atoms with Crippen molar-refractivity contribution in [1.82, 2.24) is 4.98 Å². The van der Waals surface area contributed by atoms with Gasteiger partial charge in [0.15, 0.2) is 5.78 Å². The molecule has 0 bridgehead atoms. The zero-order valence-corrected chi connectivity index (χ0v) is 11.0. The molecule has 1 aromatic heterocycles. The summed E-state index contributed by atoms with van der Waals surface area (Å²) in [6.45, 7) is 1.48. The Balaban J connectivity index is 2.18. The fourth-order valence-electron chi connectivity index (χ4n) is 1.31. The lowest BCUT2D eigenvalue weighted by molar-refractivity contribution is 0.101. The second kappa shape index (κ2) is 5.38. The summed E-state index contributed by atoms with van der Waals surface area (Å²) in [4.78, 5) is 15.1. The van der Waals surface area contributed by atoms with E-state index in [0.29, 0.717) is 27.2 Å². The number of ketones is 1. The van der Waals surface area contributed by atoms with Crippen LogP contribution in [0.15, 0.2) is 36.5 Å². The van der Waals surface area contributed by atoms with Crippen LogP contribution in [0.5, 0.6) is 11.6 Å². The normalized spacial score (nSPS) is 10.2. The van der Waals surface area contributed by atoms with Crippen molar-refractivity contribution >= 4 is 29.0 Å². The molecule has 2 rings (SSSR count). The van der Waals surface area contributed by atoms with Crippen LogP contribution in [-0.2, 0) is 0 Å². The molecule has 5 heteroatoms. The van der Waals surface area contributed by atoms with E-state index in [9.17, 15) is 4.79 Å². The van der Waals surface area contributed by atoms with Crippen molar-refractivity contribution in [1.29, 1.82) is 0 Å². The van der Waals surface area contributed by atoms with Gasteiger partial charge in [-0.25, -0.2) is 4.98 Å². The van der Waals surface area contributed by atoms with Crippen LogP contribution in [0, 0.1) is 0 Å². The molecular formula is C13H9Cl2NO2. The summed E-state index contributed by atoms with van der Waals surface area (Å²) in [5.41, 5.74) is 0.538. The van der Waals surface area contributed by atoms with E-state index in [1.807, 2.05) is 0 Å². The maximum absolute atomic E-state index is 11.1. The van der Waals surface area contributed by atoms with Gasteiger partial charge in [0.25, 0.3) is 0 Å². The van der Waals surface area contributed by atoms with Crippen LogP contribution < -0.4 is 4.74 Å². The minimum Gasteiger partial charge on any atom is -0.439 e. The zero-order chi connectivity index (χ0) is 13.1. The predicted octanol–water partition coefficient (Wildman–Crippen LogP) is 4.38. The summed E-state index contributed by atoms with van der Waals surface area (Å²) in [6, 6.07) is 8.21. The van der Waals surface area contributed by atoms with Crippen LogP contribution in [0.25, 0.3) is 0 Å². The minimum absolute atomic E-state index is 0.0383. The van der Waals surface area contributed by atoms with Gasteiger partial charge in [0.05, 0.1) is 10.0 Å². The highest BCUT2D eigenvalue weighted by molar-refractivity contribution is 6.42. The van der Waals surface area contributed by atoms with Gasteiger partial charge in [0, 0.05) is 23.9 Å². The molecule has 92 valence electrons. The molecular weight excluding hydrogens is 273 g/mol. The number of hydrogen-bond acceptors (Lipinski definition) is 3. The van der Waals surface area contributed by atoms with E-state index in [0.717, 1.165) is 0 Å². The maximum atomic E-state index is 11.1. The Bertz CT molecular complexity index is 582. The molecule has 0 aliphatic carbocycles. The van der Waals surface area contributed by atoms with E-state index in [-0.39, 0.29) is 5.78 Å². The number of benzene rings is 1. The number of carbonyl (C=O) groups is 1. The second-order valence-corrected chi connectivity index (χ2v) is 4.43. The lowest BCUT2D eigenvalue weighted by Gasteiger charge is -2.05. The van der Waals surface area contributed by atoms with Crippen molar-refractivity contribution in [3.63, 3.8) is 0 Å². The van der Waals surface area contributed by atoms with Gasteiger partial charge >= 0.3 is 0 Å². The minimum atomic E-state index is -0.0383. The number of Topliss-reactive ketones (excluding diaryl/α,β-unsaturated/α-hetero) is 1. The zero-order valence-electron chi connectivity index (χ0n) is 9.48. The Kier molecular flexibility index (Phi) is 3.84. The predicted molar refractivity (Wildman–Crippen MR) is 70.8 cm³/mol. The van der Waals surface area contributed by atoms with Gasteiger partial charge in [0.2, 0.25) is 5.88 Å². The van der Waals surface area contributed by atoms with Gasteiger partial charge in [0.1, 0.15) is 5.75 Å². The van der Waals surface area contributed by atoms with Crippen molar-refractivity contribution in [3.8, 4) is 11.6 Å². The number of rotatable bonds is 3. The van der Waals surface area contributed by atoms with Crippen LogP contribution >= 0.6 is 23.2 Å². The molecule has 1 aromatic carbocycles. The van der Waals surface area contributed by atoms with Gasteiger partial charge in [-0.1, -0.05) is 23.2 Å². The number of ether oxygens (including phenoxy) is 1. The molecule has 3 nitrogen and oxygen atoms in total. The van der Waals surface area contributed by atoms with Crippen LogP contribution in [0.1, 0.15) is 17.3 Å². The van der Waals surface area contributed by atoms with E-state index >= 15 is 0 Å². The standard InChI is InChI=1S/C13H9Cl2NO2/c1-8(17)9-2-5-13(16-7-9)18-10-3-4-11(14)12(15)6-10/h2-7H,1H3. The first-order valence-electron chi connectivity index (χ1n) is 5.16. The molecule has 0 spiro atoms. The average molecular weight is 282 g/mol. The number of carbonyl (C=O) groups excluding carboxylic acids is 1. The van der Waals surface area contributed by atoms with Gasteiger partial charge in [-0.15, -0.1) is 0 Å². The molecule has 0 radical (unpaired) electrons. The topological polar surface area (TPSA) is 39.2 Å². The Morgan fingerprint density at radius 2 is 1.94 bits per heavy atom.